The van der Waals surface area contributed by atoms with Crippen LogP contribution in [0.25, 0.3) is 10.9 Å². The van der Waals surface area contributed by atoms with Crippen LogP contribution < -0.4 is 15.0 Å². The molecule has 1 aromatic carbocycles. The number of esters is 1. The van der Waals surface area contributed by atoms with Crippen molar-refractivity contribution in [2.45, 2.75) is 77.5 Å². The zero-order valence-electron chi connectivity index (χ0n) is 22.0. The van der Waals surface area contributed by atoms with Crippen molar-refractivity contribution in [2.24, 2.45) is 0 Å². The van der Waals surface area contributed by atoms with E-state index >= 15 is 0 Å². The number of carbonyl (C=O) groups is 1. The predicted molar refractivity (Wildman–Crippen MR) is 138 cm³/mol. The number of nitrogens with one attached hydrogen (secondary N) is 1. The van der Waals surface area contributed by atoms with Gasteiger partial charge in [-0.1, -0.05) is 26.2 Å². The van der Waals surface area contributed by atoms with Gasteiger partial charge in [0.25, 0.3) is 5.56 Å². The van der Waals surface area contributed by atoms with Gasteiger partial charge in [-0.05, 0) is 48.7 Å². The van der Waals surface area contributed by atoms with Gasteiger partial charge in [-0.3, -0.25) is 14.5 Å². The second-order valence-electron chi connectivity index (χ2n) is 9.31. The number of nitrogens with zero attached hydrogens (tertiary/aromatic N) is 5. The van der Waals surface area contributed by atoms with Gasteiger partial charge in [-0.2, -0.15) is 0 Å². The minimum atomic E-state index is -0.384. The van der Waals surface area contributed by atoms with Crippen molar-refractivity contribution >= 4 is 16.9 Å². The first-order valence-electron chi connectivity index (χ1n) is 12.9. The van der Waals surface area contributed by atoms with Crippen LogP contribution in [0.15, 0.2) is 23.0 Å². The lowest BCUT2D eigenvalue weighted by molar-refractivity contribution is -0.144. The first-order chi connectivity index (χ1) is 18.0. The van der Waals surface area contributed by atoms with Crippen LogP contribution in [0.3, 0.4) is 0 Å². The summed E-state index contributed by atoms with van der Waals surface area (Å²) in [6.07, 6.45) is 6.27. The molecule has 11 nitrogen and oxygen atoms in total. The van der Waals surface area contributed by atoms with Crippen molar-refractivity contribution in [3.05, 3.63) is 39.9 Å². The lowest BCUT2D eigenvalue weighted by Crippen LogP contribution is -2.41. The maximum Gasteiger partial charge on any atom is 0.327 e. The number of fused-ring (bicyclic) bond motifs is 1. The maximum atomic E-state index is 13.2. The number of hydrogen-bond acceptors (Lipinski definition) is 9. The molecule has 1 atom stereocenters. The van der Waals surface area contributed by atoms with E-state index in [1.54, 1.807) is 27.2 Å². The number of rotatable bonds is 11. The summed E-state index contributed by atoms with van der Waals surface area (Å²) < 4.78 is 17.5. The van der Waals surface area contributed by atoms with Gasteiger partial charge in [-0.25, -0.2) is 4.68 Å². The van der Waals surface area contributed by atoms with Crippen LogP contribution >= 0.6 is 0 Å². The molecule has 37 heavy (non-hydrogen) atoms. The lowest BCUT2D eigenvalue weighted by Gasteiger charge is -2.39. The van der Waals surface area contributed by atoms with E-state index in [4.69, 9.17) is 14.2 Å². The highest BCUT2D eigenvalue weighted by Crippen LogP contribution is 2.34. The number of pyridine rings is 1. The van der Waals surface area contributed by atoms with Gasteiger partial charge in [0.05, 0.1) is 32.4 Å². The Hall–Kier alpha value is -3.47. The molecule has 1 saturated carbocycles. The van der Waals surface area contributed by atoms with Crippen LogP contribution in [0.5, 0.6) is 11.5 Å². The number of aromatic amines is 1. The van der Waals surface area contributed by atoms with E-state index in [0.717, 1.165) is 37.5 Å². The van der Waals surface area contributed by atoms with Gasteiger partial charge >= 0.3 is 5.97 Å². The molecule has 3 aromatic rings. The van der Waals surface area contributed by atoms with Crippen molar-refractivity contribution in [3.8, 4) is 11.5 Å². The van der Waals surface area contributed by atoms with Crippen molar-refractivity contribution in [2.75, 3.05) is 20.8 Å². The summed E-state index contributed by atoms with van der Waals surface area (Å²) in [6.45, 7) is 4.51. The van der Waals surface area contributed by atoms with Gasteiger partial charge < -0.3 is 19.2 Å². The monoisotopic (exact) mass is 512 g/mol. The minimum Gasteiger partial charge on any atom is -0.493 e. The Morgan fingerprint density at radius 3 is 2.54 bits per heavy atom. The number of aromatic nitrogens is 5. The molecule has 1 aliphatic rings. The molecule has 2 aromatic heterocycles. The van der Waals surface area contributed by atoms with E-state index in [-0.39, 0.29) is 30.2 Å². The normalized spacial score (nSPS) is 15.2. The first kappa shape index (κ1) is 26.6. The van der Waals surface area contributed by atoms with Crippen LogP contribution in [0.2, 0.25) is 0 Å². The first-order valence-corrected chi connectivity index (χ1v) is 12.9. The van der Waals surface area contributed by atoms with Gasteiger partial charge in [0, 0.05) is 29.6 Å². The fourth-order valence-corrected chi connectivity index (χ4v) is 5.26. The Balaban J connectivity index is 1.72. The molecule has 0 aliphatic heterocycles. The van der Waals surface area contributed by atoms with Crippen LogP contribution in [-0.2, 0) is 22.6 Å². The number of benzene rings is 1. The quantitative estimate of drug-likeness (QED) is 0.385. The molecule has 0 bridgehead atoms. The summed E-state index contributed by atoms with van der Waals surface area (Å²) in [5.74, 6) is 1.37. The Bertz CT molecular complexity index is 1270. The molecule has 1 fully saturated rings. The highest BCUT2D eigenvalue weighted by molar-refractivity contribution is 5.83. The largest absolute Gasteiger partial charge is 0.493 e. The van der Waals surface area contributed by atoms with Crippen LogP contribution in [-0.4, -0.2) is 62.9 Å². The zero-order valence-corrected chi connectivity index (χ0v) is 22.0. The van der Waals surface area contributed by atoms with Gasteiger partial charge in [0.15, 0.2) is 17.3 Å². The maximum absolute atomic E-state index is 13.2. The van der Waals surface area contributed by atoms with Gasteiger partial charge in [0.2, 0.25) is 0 Å². The molecule has 2 heterocycles. The SMILES string of the molecule is CCOC(=O)Cn1nnnc1[C@@H](CC)N(Cc1cc2cc(OC)c(OC)cc2[nH]c1=O)C1CCCCC1. The molecule has 0 radical (unpaired) electrons. The molecule has 4 rings (SSSR count). The number of ether oxygens (including phenoxy) is 3. The van der Waals surface area contributed by atoms with Crippen LogP contribution in [0.1, 0.15) is 69.8 Å². The van der Waals surface area contributed by atoms with Gasteiger partial charge in [0.1, 0.15) is 6.54 Å². The summed E-state index contributed by atoms with van der Waals surface area (Å²) in [4.78, 5) is 30.8. The van der Waals surface area contributed by atoms with Crippen LogP contribution in [0.4, 0.5) is 0 Å². The van der Waals surface area contributed by atoms with Crippen molar-refractivity contribution in [3.63, 3.8) is 0 Å². The highest BCUT2D eigenvalue weighted by atomic mass is 16.5. The van der Waals surface area contributed by atoms with E-state index in [0.29, 0.717) is 41.6 Å². The van der Waals surface area contributed by atoms with E-state index in [9.17, 15) is 9.59 Å². The number of tetrazole rings is 1. The Morgan fingerprint density at radius 1 is 1.14 bits per heavy atom. The topological polar surface area (TPSA) is 124 Å². The second-order valence-corrected chi connectivity index (χ2v) is 9.31. The van der Waals surface area contributed by atoms with E-state index in [1.807, 2.05) is 12.1 Å². The predicted octanol–water partition coefficient (Wildman–Crippen LogP) is 3.38. The standard InChI is InChI=1S/C26H36N6O5/c1-5-21(25-28-29-30-32(25)16-24(33)37-6-2)31(19-10-8-7-9-11-19)15-18-12-17-13-22(35-3)23(36-4)14-20(17)27-26(18)34/h12-14,19,21H,5-11,15-16H2,1-4H3,(H,27,34)/t21-/m1/s1. The third-order valence-corrected chi connectivity index (χ3v) is 7.05. The van der Waals surface area contributed by atoms with Crippen molar-refractivity contribution in [1.29, 1.82) is 0 Å². The van der Waals surface area contributed by atoms with E-state index < -0.39 is 0 Å². The molecule has 1 aliphatic carbocycles. The third-order valence-electron chi connectivity index (χ3n) is 7.05. The fraction of sp³-hybridized carbons (Fsp3) is 0.577. The number of hydrogen-bond donors (Lipinski definition) is 1. The Labute approximate surface area is 216 Å². The summed E-state index contributed by atoms with van der Waals surface area (Å²) in [7, 11) is 3.16. The Morgan fingerprint density at radius 2 is 1.86 bits per heavy atom. The summed E-state index contributed by atoms with van der Waals surface area (Å²) >= 11 is 0. The van der Waals surface area contributed by atoms with Crippen molar-refractivity contribution < 1.29 is 19.0 Å². The molecule has 200 valence electrons. The zero-order chi connectivity index (χ0) is 26.4. The van der Waals surface area contributed by atoms with Crippen LogP contribution in [0, 0.1) is 0 Å². The smallest absolute Gasteiger partial charge is 0.327 e. The minimum absolute atomic E-state index is 0.0522. The molecular weight excluding hydrogens is 476 g/mol. The molecule has 0 unspecified atom stereocenters. The van der Waals surface area contributed by atoms with E-state index in [1.165, 1.54) is 11.1 Å². The number of carbonyl (C=O) groups excluding carboxylic acids is 1. The summed E-state index contributed by atoms with van der Waals surface area (Å²) in [5.41, 5.74) is 1.18. The fourth-order valence-electron chi connectivity index (χ4n) is 5.26. The molecule has 0 saturated heterocycles. The molecular formula is C26H36N6O5. The second kappa shape index (κ2) is 12.2. The molecule has 11 heteroatoms. The highest BCUT2D eigenvalue weighted by Gasteiger charge is 2.32. The lowest BCUT2D eigenvalue weighted by atomic mass is 9.92. The van der Waals surface area contributed by atoms with Crippen molar-refractivity contribution in [1.82, 2.24) is 30.1 Å². The number of H-pyrrole nitrogens is 1. The molecule has 0 spiro atoms. The summed E-state index contributed by atoms with van der Waals surface area (Å²) in [5, 5.41) is 13.1. The van der Waals surface area contributed by atoms with E-state index in [2.05, 4.69) is 32.3 Å². The average Bonchev–Trinajstić information content (AvgIpc) is 3.36. The Kier molecular flexibility index (Phi) is 8.75. The molecule has 0 amide bonds. The molecule has 1 N–H and O–H groups in total. The summed E-state index contributed by atoms with van der Waals surface area (Å²) in [6, 6.07) is 5.66. The third kappa shape index (κ3) is 5.93. The van der Waals surface area contributed by atoms with Gasteiger partial charge in [-0.15, -0.1) is 5.10 Å². The number of methoxy groups -OCH3 is 2. The average molecular weight is 513 g/mol.